The average Bonchev–Trinajstić information content (AvgIpc) is 1.49. The lowest BCUT2D eigenvalue weighted by Crippen LogP contribution is -2.55. The molecule has 0 saturated carbocycles. The zero-order chi connectivity index (χ0) is 74.5. The van der Waals surface area contributed by atoms with Crippen LogP contribution in [0.5, 0.6) is 0 Å². The number of para-hydroxylation sites is 2. The maximum Gasteiger partial charge on any atom is 0.320 e. The van der Waals surface area contributed by atoms with Crippen molar-refractivity contribution in [2.45, 2.75) is 202 Å². The molecule has 0 radical (unpaired) electrons. The number of nitrogens with zero attached hydrogens (tertiary/aromatic N) is 7. The molecule has 0 aliphatic carbocycles. The van der Waals surface area contributed by atoms with E-state index in [0.717, 1.165) is 11.0 Å². The number of carbonyl (C=O) groups is 11. The Morgan fingerprint density at radius 1 is 0.580 bits per heavy atom. The molecule has 5 N–H and O–H groups in total. The van der Waals surface area contributed by atoms with Gasteiger partial charge in [-0.3, -0.25) is 72.3 Å². The van der Waals surface area contributed by atoms with Crippen LogP contribution in [0.1, 0.15) is 164 Å². The number of H-pyrrole nitrogens is 1. The van der Waals surface area contributed by atoms with Crippen LogP contribution in [0, 0.1) is 0 Å². The van der Waals surface area contributed by atoms with Gasteiger partial charge in [0.05, 0.1) is 57.3 Å². The van der Waals surface area contributed by atoms with Crippen LogP contribution in [0.2, 0.25) is 0 Å². The number of hydrogen-bond donors (Lipinski definition) is 5. The van der Waals surface area contributed by atoms with Crippen molar-refractivity contribution in [1.82, 2.24) is 55.3 Å². The number of rotatable bonds is 27. The van der Waals surface area contributed by atoms with E-state index >= 15 is 0 Å². The predicted octanol–water partition coefficient (Wildman–Crippen LogP) is 4.49. The molecule has 29 heteroatoms. The molecule has 1 unspecified atom stereocenters. The smallest absolute Gasteiger partial charge is 0.320 e. The summed E-state index contributed by atoms with van der Waals surface area (Å²) in [6.45, 7) is 27.5. The van der Waals surface area contributed by atoms with Crippen molar-refractivity contribution < 1.29 is 81.2 Å². The van der Waals surface area contributed by atoms with Gasteiger partial charge in [0.25, 0.3) is 5.91 Å². The van der Waals surface area contributed by atoms with Gasteiger partial charge in [-0.05, 0) is 159 Å². The molecular weight excluding hydrogens is 1290 g/mol. The van der Waals surface area contributed by atoms with Gasteiger partial charge < -0.3 is 64.5 Å². The molecule has 5 rings (SSSR count). The summed E-state index contributed by atoms with van der Waals surface area (Å²) >= 11 is 0. The second-order valence-electron chi connectivity index (χ2n) is 30.4. The highest BCUT2D eigenvalue weighted by molar-refractivity contribution is 5.96. The number of anilines is 1. The largest absolute Gasteiger partial charge is 0.469 e. The maximum atomic E-state index is 14.8. The first-order valence-electron chi connectivity index (χ1n) is 34.3. The van der Waals surface area contributed by atoms with E-state index in [1.54, 1.807) is 134 Å². The SMILES string of the molecule is COC(=O)C[C@@H]1Nc2ccc(C(=O)N(C)Cc3nc4ccccc4[nH]3)cc2CN(CCCNC(=O)C(CCC(=O)OC(C)(C)C)NC(=O)[C@H](CCC(=O)OC(C)(C)C)NC(=O)CN2CCN(CC(=O)OC(C)(C)C)CCN(CC(=O)OC(C)(C)C)CCN(CC(=O)OC(C)(C)C)CC2)C1=O. The summed E-state index contributed by atoms with van der Waals surface area (Å²) < 4.78 is 33.2. The number of amides is 5. The summed E-state index contributed by atoms with van der Waals surface area (Å²) in [6, 6.07) is 8.60. The molecule has 2 aliphatic heterocycles. The Hall–Kier alpha value is -8.28. The third-order valence-electron chi connectivity index (χ3n) is 15.3. The van der Waals surface area contributed by atoms with E-state index in [2.05, 4.69) is 31.2 Å². The third-order valence-corrected chi connectivity index (χ3v) is 15.3. The lowest BCUT2D eigenvalue weighted by molar-refractivity contribution is -0.158. The Bertz CT molecular complexity index is 3240. The molecule has 3 heterocycles. The number of methoxy groups -OCH3 is 1. The van der Waals surface area contributed by atoms with Crippen LogP contribution in [0.4, 0.5) is 5.69 Å². The van der Waals surface area contributed by atoms with Crippen LogP contribution >= 0.6 is 0 Å². The van der Waals surface area contributed by atoms with Gasteiger partial charge >= 0.3 is 35.8 Å². The Labute approximate surface area is 588 Å². The number of aromatic amines is 1. The fourth-order valence-corrected chi connectivity index (χ4v) is 11.0. The molecular formula is C71H110N12O17. The second kappa shape index (κ2) is 36.9. The van der Waals surface area contributed by atoms with Gasteiger partial charge in [-0.25, -0.2) is 4.98 Å². The topological polar surface area (TPSA) is 339 Å². The van der Waals surface area contributed by atoms with Gasteiger partial charge in [-0.2, -0.15) is 0 Å². The number of fused-ring (bicyclic) bond motifs is 2. The molecule has 1 fully saturated rings. The Kier molecular flexibility index (Phi) is 30.4. The van der Waals surface area contributed by atoms with E-state index in [9.17, 15) is 52.7 Å². The zero-order valence-corrected chi connectivity index (χ0v) is 61.9. The molecule has 3 atom stereocenters. The van der Waals surface area contributed by atoms with Crippen LogP contribution in [0.25, 0.3) is 11.0 Å². The molecule has 0 spiro atoms. The molecule has 1 aromatic heterocycles. The first kappa shape index (κ1) is 82.4. The van der Waals surface area contributed by atoms with Crippen LogP contribution in [0.3, 0.4) is 0 Å². The van der Waals surface area contributed by atoms with Gasteiger partial charge in [0.2, 0.25) is 23.6 Å². The highest BCUT2D eigenvalue weighted by Gasteiger charge is 2.35. The first-order chi connectivity index (χ1) is 46.5. The van der Waals surface area contributed by atoms with Gasteiger partial charge in [0, 0.05) is 103 Å². The first-order valence-corrected chi connectivity index (χ1v) is 34.3. The fourth-order valence-electron chi connectivity index (χ4n) is 11.0. The van der Waals surface area contributed by atoms with E-state index in [1.807, 2.05) is 39.0 Å². The summed E-state index contributed by atoms with van der Waals surface area (Å²) in [6.07, 6.45) is -1.38. The molecule has 3 aromatic rings. The van der Waals surface area contributed by atoms with Crippen molar-refractivity contribution >= 4 is 82.1 Å². The van der Waals surface area contributed by atoms with E-state index in [1.165, 1.54) is 16.9 Å². The number of aromatic nitrogens is 2. The molecule has 556 valence electrons. The van der Waals surface area contributed by atoms with Gasteiger partial charge in [0.15, 0.2) is 0 Å². The number of ether oxygens (including phenoxy) is 6. The van der Waals surface area contributed by atoms with Gasteiger partial charge in [-0.1, -0.05) is 12.1 Å². The number of benzene rings is 2. The third kappa shape index (κ3) is 30.7. The summed E-state index contributed by atoms with van der Waals surface area (Å²) in [5, 5.41) is 11.5. The maximum absolute atomic E-state index is 14.8. The van der Waals surface area contributed by atoms with Crippen molar-refractivity contribution in [3.8, 4) is 0 Å². The van der Waals surface area contributed by atoms with Gasteiger partial charge in [-0.15, -0.1) is 0 Å². The summed E-state index contributed by atoms with van der Waals surface area (Å²) in [5.74, 6) is -5.81. The van der Waals surface area contributed by atoms with E-state index in [0.29, 0.717) is 35.7 Å². The zero-order valence-electron chi connectivity index (χ0n) is 61.9. The van der Waals surface area contributed by atoms with Crippen molar-refractivity contribution in [3.63, 3.8) is 0 Å². The number of hydrogen-bond acceptors (Lipinski definition) is 23. The van der Waals surface area contributed by atoms with E-state index < -0.39 is 106 Å². The molecule has 2 aliphatic rings. The molecule has 100 heavy (non-hydrogen) atoms. The molecule has 29 nitrogen and oxygen atoms in total. The van der Waals surface area contributed by atoms with Crippen molar-refractivity contribution in [2.75, 3.05) is 111 Å². The lowest BCUT2D eigenvalue weighted by atomic mass is 10.1. The van der Waals surface area contributed by atoms with E-state index in [-0.39, 0.29) is 136 Å². The number of nitrogens with one attached hydrogen (secondary N) is 5. The van der Waals surface area contributed by atoms with Crippen LogP contribution in [-0.4, -0.2) is 257 Å². The van der Waals surface area contributed by atoms with Crippen molar-refractivity contribution in [1.29, 1.82) is 0 Å². The Balaban J connectivity index is 1.38. The molecule has 0 bridgehead atoms. The summed E-state index contributed by atoms with van der Waals surface area (Å²) in [4.78, 5) is 170. The lowest BCUT2D eigenvalue weighted by Gasteiger charge is -2.34. The minimum Gasteiger partial charge on any atom is -0.469 e. The fraction of sp³-hybridized carbons (Fsp3) is 0.662. The standard InChI is InChI=1S/C71H110N12O17/c1-67(2,3)96-57(85)27-25-52(63(91)72-29-20-30-83-41-48-39-47(23-24-49(48)73-54(66(83)94)40-59(87)95-17)65(93)78(16)42-55-74-50-21-18-19-22-51(50)75-55)77-64(92)53(26-28-58(86)97-68(4,5)6)76-56(84)43-79-31-33-80(44-60(88)98-69(7,8)9)35-37-82(46-62(90)100-71(13,14)15)38-36-81(34-32-79)45-61(89)99-70(10,11)12/h18-19,21-24,39,52-54,73H,20,25-38,40-46H2,1-17H3,(H,72,91)(H,74,75)(H,76,84)(H,77,92)/t52?,53-,54-/m0/s1. The predicted molar refractivity (Wildman–Crippen MR) is 373 cm³/mol. The van der Waals surface area contributed by atoms with Crippen LogP contribution in [-0.2, 0) is 89.5 Å². The van der Waals surface area contributed by atoms with E-state index in [4.69, 9.17) is 28.4 Å². The molecule has 2 aromatic carbocycles. The monoisotopic (exact) mass is 1400 g/mol. The highest BCUT2D eigenvalue weighted by Crippen LogP contribution is 2.27. The minimum absolute atomic E-state index is 0.0145. The Morgan fingerprint density at radius 2 is 1.03 bits per heavy atom. The van der Waals surface area contributed by atoms with Crippen LogP contribution < -0.4 is 21.3 Å². The summed E-state index contributed by atoms with van der Waals surface area (Å²) in [5.41, 5.74) is -1.10. The minimum atomic E-state index is -1.45. The summed E-state index contributed by atoms with van der Waals surface area (Å²) in [7, 11) is 2.87. The molecule has 5 amide bonds. The van der Waals surface area contributed by atoms with Crippen LogP contribution in [0.15, 0.2) is 42.5 Å². The normalized spacial score (nSPS) is 16.6. The number of imidazole rings is 1. The number of esters is 6. The number of carbonyl (C=O) groups excluding carboxylic acids is 11. The second-order valence-corrected chi connectivity index (χ2v) is 30.4. The average molecular weight is 1400 g/mol. The van der Waals surface area contributed by atoms with Crippen molar-refractivity contribution in [2.24, 2.45) is 0 Å². The van der Waals surface area contributed by atoms with Crippen molar-refractivity contribution in [3.05, 3.63) is 59.4 Å². The quantitative estimate of drug-likeness (QED) is 0.0399. The van der Waals surface area contributed by atoms with Gasteiger partial charge in [0.1, 0.15) is 52.0 Å². The Morgan fingerprint density at radius 3 is 1.49 bits per heavy atom. The highest BCUT2D eigenvalue weighted by atomic mass is 16.6. The molecule has 1 saturated heterocycles.